The summed E-state index contributed by atoms with van der Waals surface area (Å²) in [6.45, 7) is 1.70. The van der Waals surface area contributed by atoms with E-state index in [9.17, 15) is 21.9 Å². The average Bonchev–Trinajstić information content (AvgIpc) is 2.42. The van der Waals surface area contributed by atoms with E-state index in [0.717, 1.165) is 6.26 Å². The number of rotatable bonds is 8. The molecule has 0 amide bonds. The maximum absolute atomic E-state index is 12.0. The van der Waals surface area contributed by atoms with Crippen LogP contribution in [0.5, 0.6) is 0 Å². The summed E-state index contributed by atoms with van der Waals surface area (Å²) in [5, 5.41) is 9.73. The third-order valence-electron chi connectivity index (χ3n) is 2.72. The zero-order valence-electron chi connectivity index (χ0n) is 11.9. The van der Waals surface area contributed by atoms with E-state index in [0.29, 0.717) is 12.0 Å². The monoisotopic (exact) mass is 336 g/mol. The number of aliphatic hydroxyl groups excluding tert-OH is 1. The Labute approximate surface area is 125 Å². The van der Waals surface area contributed by atoms with E-state index in [1.54, 1.807) is 19.1 Å². The van der Waals surface area contributed by atoms with Crippen LogP contribution in [0.2, 0.25) is 0 Å². The lowest BCUT2D eigenvalue weighted by Crippen LogP contribution is -2.34. The lowest BCUT2D eigenvalue weighted by atomic mass is 10.1. The molecule has 1 unspecified atom stereocenters. The van der Waals surface area contributed by atoms with E-state index >= 15 is 0 Å². The first-order chi connectivity index (χ1) is 9.65. The quantitative estimate of drug-likeness (QED) is 0.577. The molecule has 0 radical (unpaired) electrons. The van der Waals surface area contributed by atoms with Crippen molar-refractivity contribution < 1.29 is 21.9 Å². The Kier molecular flexibility index (Phi) is 6.29. The maximum Gasteiger partial charge on any atom is 0.240 e. The molecule has 0 saturated heterocycles. The summed E-state index contributed by atoms with van der Waals surface area (Å²) in [4.78, 5) is 0.0341. The van der Waals surface area contributed by atoms with E-state index < -0.39 is 26.2 Å². The highest BCUT2D eigenvalue weighted by Gasteiger charge is 2.15. The van der Waals surface area contributed by atoms with Crippen molar-refractivity contribution in [2.75, 3.05) is 19.3 Å². The second kappa shape index (κ2) is 7.32. The molecule has 7 nitrogen and oxygen atoms in total. The van der Waals surface area contributed by atoms with Gasteiger partial charge in [-0.05, 0) is 24.1 Å². The van der Waals surface area contributed by atoms with E-state index in [1.807, 2.05) is 0 Å². The van der Waals surface area contributed by atoms with E-state index in [1.165, 1.54) is 12.1 Å². The second-order valence-corrected chi connectivity index (χ2v) is 8.16. The Balaban J connectivity index is 2.74. The lowest BCUT2D eigenvalue weighted by Gasteiger charge is -2.11. The minimum atomic E-state index is -3.74. The highest BCUT2D eigenvalue weighted by atomic mass is 32.2. The molecule has 21 heavy (non-hydrogen) atoms. The van der Waals surface area contributed by atoms with Crippen LogP contribution in [0.15, 0.2) is 29.2 Å². The van der Waals surface area contributed by atoms with Crippen LogP contribution in [0, 0.1) is 0 Å². The van der Waals surface area contributed by atoms with Crippen molar-refractivity contribution in [1.82, 2.24) is 9.44 Å². The SMILES string of the molecule is CCC(O)c1cccc(S(=O)(=O)NCCNS(C)(=O)=O)c1. The first kappa shape index (κ1) is 18.1. The van der Waals surface area contributed by atoms with Crippen LogP contribution in [0.4, 0.5) is 0 Å². The summed E-state index contributed by atoms with van der Waals surface area (Å²) < 4.78 is 50.3. The number of aliphatic hydroxyl groups is 1. The third kappa shape index (κ3) is 6.10. The van der Waals surface area contributed by atoms with Gasteiger partial charge in [0.2, 0.25) is 20.0 Å². The minimum Gasteiger partial charge on any atom is -0.388 e. The molecule has 0 aliphatic rings. The van der Waals surface area contributed by atoms with Gasteiger partial charge < -0.3 is 5.11 Å². The smallest absolute Gasteiger partial charge is 0.240 e. The van der Waals surface area contributed by atoms with Crippen molar-refractivity contribution in [3.63, 3.8) is 0 Å². The van der Waals surface area contributed by atoms with Crippen LogP contribution in [-0.4, -0.2) is 41.3 Å². The summed E-state index contributed by atoms with van der Waals surface area (Å²) in [6.07, 6.45) is 0.763. The topological polar surface area (TPSA) is 113 Å². The zero-order valence-corrected chi connectivity index (χ0v) is 13.5. The fourth-order valence-electron chi connectivity index (χ4n) is 1.63. The van der Waals surface area contributed by atoms with Gasteiger partial charge in [-0.2, -0.15) is 0 Å². The number of benzene rings is 1. The predicted octanol–water partition coefficient (Wildman–Crippen LogP) is -0.0425. The largest absolute Gasteiger partial charge is 0.388 e. The predicted molar refractivity (Wildman–Crippen MR) is 79.7 cm³/mol. The molecule has 1 aromatic carbocycles. The van der Waals surface area contributed by atoms with E-state index in [2.05, 4.69) is 9.44 Å². The van der Waals surface area contributed by atoms with E-state index in [-0.39, 0.29) is 18.0 Å². The molecule has 1 aromatic rings. The Morgan fingerprint density at radius 2 is 1.76 bits per heavy atom. The molecule has 0 fully saturated rings. The Morgan fingerprint density at radius 1 is 1.14 bits per heavy atom. The van der Waals surface area contributed by atoms with Gasteiger partial charge in [0.1, 0.15) is 0 Å². The molecule has 3 N–H and O–H groups in total. The summed E-state index contributed by atoms with van der Waals surface area (Å²) in [6, 6.07) is 6.02. The summed E-state index contributed by atoms with van der Waals surface area (Å²) in [7, 11) is -7.08. The summed E-state index contributed by atoms with van der Waals surface area (Å²) >= 11 is 0. The number of hydrogen-bond acceptors (Lipinski definition) is 5. The molecule has 1 atom stereocenters. The first-order valence-electron chi connectivity index (χ1n) is 6.38. The van der Waals surface area contributed by atoms with Crippen molar-refractivity contribution >= 4 is 20.0 Å². The van der Waals surface area contributed by atoms with E-state index in [4.69, 9.17) is 0 Å². The zero-order chi connectivity index (χ0) is 16.1. The second-order valence-electron chi connectivity index (χ2n) is 4.56. The molecule has 0 aromatic heterocycles. The molecule has 1 rings (SSSR count). The van der Waals surface area contributed by atoms with Crippen molar-refractivity contribution in [2.24, 2.45) is 0 Å². The highest BCUT2D eigenvalue weighted by Crippen LogP contribution is 2.19. The van der Waals surface area contributed by atoms with Gasteiger partial charge in [-0.3, -0.25) is 0 Å². The van der Waals surface area contributed by atoms with Gasteiger partial charge in [0.15, 0.2) is 0 Å². The first-order valence-corrected chi connectivity index (χ1v) is 9.75. The Morgan fingerprint density at radius 3 is 2.33 bits per heavy atom. The molecule has 0 bridgehead atoms. The standard InChI is InChI=1S/C12H20N2O5S2/c1-3-12(15)10-5-4-6-11(9-10)21(18,19)14-8-7-13-20(2,16)17/h4-6,9,12-15H,3,7-8H2,1-2H3. The molecule has 0 heterocycles. The summed E-state index contributed by atoms with van der Waals surface area (Å²) in [5.41, 5.74) is 0.523. The van der Waals surface area contributed by atoms with Crippen molar-refractivity contribution in [3.8, 4) is 0 Å². The van der Waals surface area contributed by atoms with Crippen LogP contribution in [0.25, 0.3) is 0 Å². The molecular weight excluding hydrogens is 316 g/mol. The lowest BCUT2D eigenvalue weighted by molar-refractivity contribution is 0.173. The Hall–Kier alpha value is -1.00. The molecule has 0 aliphatic heterocycles. The number of hydrogen-bond donors (Lipinski definition) is 3. The number of nitrogens with one attached hydrogen (secondary N) is 2. The van der Waals surface area contributed by atoms with Gasteiger partial charge in [0.25, 0.3) is 0 Å². The molecule has 0 aliphatic carbocycles. The highest BCUT2D eigenvalue weighted by molar-refractivity contribution is 7.89. The van der Waals surface area contributed by atoms with Crippen molar-refractivity contribution in [3.05, 3.63) is 29.8 Å². The summed E-state index contributed by atoms with van der Waals surface area (Å²) in [5.74, 6) is 0. The van der Waals surface area contributed by atoms with Crippen LogP contribution < -0.4 is 9.44 Å². The minimum absolute atomic E-state index is 0.0324. The van der Waals surface area contributed by atoms with Crippen LogP contribution >= 0.6 is 0 Å². The van der Waals surface area contributed by atoms with Crippen LogP contribution in [0.1, 0.15) is 25.0 Å². The van der Waals surface area contributed by atoms with Crippen molar-refractivity contribution in [1.29, 1.82) is 0 Å². The van der Waals surface area contributed by atoms with Gasteiger partial charge in [-0.25, -0.2) is 26.3 Å². The van der Waals surface area contributed by atoms with Gasteiger partial charge >= 0.3 is 0 Å². The van der Waals surface area contributed by atoms with Crippen LogP contribution in [-0.2, 0) is 20.0 Å². The Bertz CT molecular complexity index is 671. The molecule has 9 heteroatoms. The fourth-order valence-corrected chi connectivity index (χ4v) is 3.19. The normalized spacial score (nSPS) is 14.0. The fraction of sp³-hybridized carbons (Fsp3) is 0.500. The third-order valence-corrected chi connectivity index (χ3v) is 4.91. The molecular formula is C12H20N2O5S2. The van der Waals surface area contributed by atoms with Crippen LogP contribution in [0.3, 0.4) is 0 Å². The van der Waals surface area contributed by atoms with Gasteiger partial charge in [0, 0.05) is 13.1 Å². The molecule has 0 saturated carbocycles. The number of sulfonamides is 2. The molecule has 0 spiro atoms. The average molecular weight is 336 g/mol. The molecule has 120 valence electrons. The van der Waals surface area contributed by atoms with Gasteiger partial charge in [-0.1, -0.05) is 19.1 Å². The van der Waals surface area contributed by atoms with Crippen molar-refractivity contribution in [2.45, 2.75) is 24.3 Å². The van der Waals surface area contributed by atoms with Gasteiger partial charge in [-0.15, -0.1) is 0 Å². The maximum atomic E-state index is 12.0. The van der Waals surface area contributed by atoms with Gasteiger partial charge in [0.05, 0.1) is 17.3 Å².